The maximum atomic E-state index is 2.67. The Hall–Kier alpha value is -4.10. The molecule has 4 saturated carbocycles. The number of nitrogens with zero attached hydrogens (tertiary/aromatic N) is 1. The minimum absolute atomic E-state index is 0.0681. The Balaban J connectivity index is 1.06. The van der Waals surface area contributed by atoms with Gasteiger partial charge < -0.3 is 4.90 Å². The molecule has 0 saturated heterocycles. The number of hydrogen-bond donors (Lipinski definition) is 0. The molecule has 0 unspecified atom stereocenters. The maximum absolute atomic E-state index is 2.67. The molecule has 5 aromatic carbocycles. The van der Waals surface area contributed by atoms with Gasteiger partial charge in [0.05, 0.1) is 11.4 Å². The molecule has 292 valence electrons. The Morgan fingerprint density at radius 2 is 0.895 bits per heavy atom. The Kier molecular flexibility index (Phi) is 7.58. The molecule has 0 aromatic heterocycles. The van der Waals surface area contributed by atoms with Crippen LogP contribution >= 0.6 is 0 Å². The van der Waals surface area contributed by atoms with Gasteiger partial charge in [0.15, 0.2) is 0 Å². The van der Waals surface area contributed by atoms with Crippen LogP contribution in [0.2, 0.25) is 0 Å². The van der Waals surface area contributed by atoms with Crippen LogP contribution in [0.15, 0.2) is 103 Å². The van der Waals surface area contributed by atoms with E-state index in [2.05, 4.69) is 163 Å². The van der Waals surface area contributed by atoms with Gasteiger partial charge in [-0.2, -0.15) is 0 Å². The summed E-state index contributed by atoms with van der Waals surface area (Å²) >= 11 is 0. The molecular weight excluding hydrogens is 687 g/mol. The summed E-state index contributed by atoms with van der Waals surface area (Å²) in [6, 6.07) is 41.2. The van der Waals surface area contributed by atoms with E-state index in [1.165, 1.54) is 119 Å². The normalized spacial score (nSPS) is 28.7. The van der Waals surface area contributed by atoms with E-state index in [1.54, 1.807) is 11.1 Å². The molecule has 1 heteroatoms. The van der Waals surface area contributed by atoms with Crippen molar-refractivity contribution in [3.8, 4) is 22.3 Å². The topological polar surface area (TPSA) is 3.24 Å². The third-order valence-corrected chi connectivity index (χ3v) is 17.1. The summed E-state index contributed by atoms with van der Waals surface area (Å²) in [6.45, 7) is 19.8. The monoisotopic (exact) mass is 749 g/mol. The summed E-state index contributed by atoms with van der Waals surface area (Å²) in [7, 11) is 0. The molecule has 1 spiro atoms. The summed E-state index contributed by atoms with van der Waals surface area (Å²) in [6.07, 6.45) is 12.0. The fourth-order valence-corrected chi connectivity index (χ4v) is 14.3. The summed E-state index contributed by atoms with van der Waals surface area (Å²) in [5.74, 6) is 3.52. The van der Waals surface area contributed by atoms with E-state index in [1.807, 2.05) is 0 Å². The summed E-state index contributed by atoms with van der Waals surface area (Å²) in [4.78, 5) is 2.67. The number of benzene rings is 5. The predicted molar refractivity (Wildman–Crippen MR) is 240 cm³/mol. The van der Waals surface area contributed by atoms with E-state index in [0.717, 1.165) is 23.7 Å². The highest BCUT2D eigenvalue weighted by Gasteiger charge is 2.61. The van der Waals surface area contributed by atoms with Crippen molar-refractivity contribution >= 4 is 17.1 Å². The molecule has 7 aliphatic rings. The van der Waals surface area contributed by atoms with Crippen molar-refractivity contribution in [2.24, 2.45) is 23.7 Å². The van der Waals surface area contributed by atoms with Crippen LogP contribution < -0.4 is 4.90 Å². The molecule has 4 bridgehead atoms. The molecule has 0 N–H and O–H groups in total. The van der Waals surface area contributed by atoms with Crippen molar-refractivity contribution in [1.29, 1.82) is 0 Å². The fraction of sp³-hybridized carbons (Fsp3) is 0.464. The number of fused-ring (bicyclic) bond motifs is 5. The van der Waals surface area contributed by atoms with Crippen LogP contribution in [0.1, 0.15) is 147 Å². The predicted octanol–water partition coefficient (Wildman–Crippen LogP) is 15.2. The first-order valence-electron chi connectivity index (χ1n) is 22.6. The van der Waals surface area contributed by atoms with Crippen LogP contribution in [0.3, 0.4) is 0 Å². The molecule has 57 heavy (non-hydrogen) atoms. The van der Waals surface area contributed by atoms with Crippen LogP contribution in [0, 0.1) is 23.7 Å². The lowest BCUT2D eigenvalue weighted by Crippen LogP contribution is -2.55. The highest BCUT2D eigenvalue weighted by atomic mass is 15.2. The molecule has 5 aromatic rings. The third kappa shape index (κ3) is 5.05. The Morgan fingerprint density at radius 1 is 0.421 bits per heavy atom. The largest absolute Gasteiger partial charge is 0.310 e. The molecule has 0 heterocycles. The Morgan fingerprint density at radius 3 is 1.46 bits per heavy atom. The Labute approximate surface area is 343 Å². The van der Waals surface area contributed by atoms with Gasteiger partial charge in [-0.15, -0.1) is 0 Å². The van der Waals surface area contributed by atoms with Gasteiger partial charge in [0.2, 0.25) is 0 Å². The summed E-state index contributed by atoms with van der Waals surface area (Å²) < 4.78 is 0. The number of rotatable bonds is 4. The first kappa shape index (κ1) is 36.0. The molecule has 0 radical (unpaired) electrons. The van der Waals surface area contributed by atoms with E-state index in [4.69, 9.17) is 0 Å². The molecule has 0 aliphatic heterocycles. The summed E-state index contributed by atoms with van der Waals surface area (Å²) in [5, 5.41) is 0. The van der Waals surface area contributed by atoms with Crippen LogP contribution in [-0.2, 0) is 27.1 Å². The van der Waals surface area contributed by atoms with Gasteiger partial charge in [0.1, 0.15) is 0 Å². The maximum Gasteiger partial charge on any atom is 0.0502 e. The van der Waals surface area contributed by atoms with Crippen molar-refractivity contribution in [2.45, 2.75) is 140 Å². The molecule has 7 aliphatic carbocycles. The van der Waals surface area contributed by atoms with E-state index >= 15 is 0 Å². The van der Waals surface area contributed by atoms with Crippen LogP contribution in [0.4, 0.5) is 17.1 Å². The number of hydrogen-bond acceptors (Lipinski definition) is 1. The van der Waals surface area contributed by atoms with Gasteiger partial charge in [-0.1, -0.05) is 128 Å². The van der Waals surface area contributed by atoms with Crippen molar-refractivity contribution in [1.82, 2.24) is 0 Å². The van der Waals surface area contributed by atoms with E-state index < -0.39 is 0 Å². The summed E-state index contributed by atoms with van der Waals surface area (Å²) in [5.41, 5.74) is 19.6. The highest BCUT2D eigenvalue weighted by molar-refractivity contribution is 5.87. The second kappa shape index (κ2) is 12.0. The van der Waals surface area contributed by atoms with Crippen LogP contribution in [0.25, 0.3) is 22.3 Å². The third-order valence-electron chi connectivity index (χ3n) is 17.1. The zero-order valence-electron chi connectivity index (χ0n) is 35.9. The van der Waals surface area contributed by atoms with E-state index in [-0.39, 0.29) is 27.1 Å². The van der Waals surface area contributed by atoms with E-state index in [0.29, 0.717) is 0 Å². The average molecular weight is 750 g/mol. The second-order valence-electron chi connectivity index (χ2n) is 22.3. The quantitative estimate of drug-likeness (QED) is 0.177. The first-order valence-corrected chi connectivity index (χ1v) is 22.6. The second-order valence-corrected chi connectivity index (χ2v) is 22.3. The zero-order valence-corrected chi connectivity index (χ0v) is 35.9. The first-order chi connectivity index (χ1) is 27.2. The molecule has 0 amide bonds. The average Bonchev–Trinajstić information content (AvgIpc) is 3.48. The zero-order chi connectivity index (χ0) is 39.3. The number of anilines is 3. The smallest absolute Gasteiger partial charge is 0.0502 e. The van der Waals surface area contributed by atoms with Crippen LogP contribution in [0.5, 0.6) is 0 Å². The highest BCUT2D eigenvalue weighted by Crippen LogP contribution is 2.69. The lowest BCUT2D eigenvalue weighted by molar-refractivity contribution is -0.0399. The molecule has 1 nitrogen and oxygen atoms in total. The molecular formula is C56H63N. The Bertz CT molecular complexity index is 2330. The van der Waals surface area contributed by atoms with E-state index in [9.17, 15) is 0 Å². The van der Waals surface area contributed by atoms with Gasteiger partial charge >= 0.3 is 0 Å². The molecule has 12 rings (SSSR count). The van der Waals surface area contributed by atoms with Gasteiger partial charge in [0, 0.05) is 11.1 Å². The van der Waals surface area contributed by atoms with Gasteiger partial charge in [-0.3, -0.25) is 0 Å². The minimum Gasteiger partial charge on any atom is -0.310 e. The van der Waals surface area contributed by atoms with Crippen molar-refractivity contribution in [2.75, 3.05) is 4.90 Å². The van der Waals surface area contributed by atoms with Crippen molar-refractivity contribution in [3.63, 3.8) is 0 Å². The van der Waals surface area contributed by atoms with Crippen LogP contribution in [-0.4, -0.2) is 0 Å². The van der Waals surface area contributed by atoms with Crippen molar-refractivity contribution < 1.29 is 0 Å². The van der Waals surface area contributed by atoms with Gasteiger partial charge in [-0.05, 0) is 189 Å². The minimum atomic E-state index is 0.0681. The van der Waals surface area contributed by atoms with Gasteiger partial charge in [0.25, 0.3) is 0 Å². The lowest BCUT2D eigenvalue weighted by atomic mass is 9.43. The van der Waals surface area contributed by atoms with Gasteiger partial charge in [-0.25, -0.2) is 0 Å². The SMILES string of the molecule is CC1(C)CCC(C)(C)c2c(N(c3ccc(-c4ccc5c(c4)-c4ccccc4C54C5CC6CC(C5)CC4C6)cc3)c3cccc4c3C(C)(C)CCC4(C)C)cccc21. The lowest BCUT2D eigenvalue weighted by Gasteiger charge is -2.61. The van der Waals surface area contributed by atoms with Crippen molar-refractivity contribution in [3.05, 3.63) is 137 Å². The standard InChI is InChI=1S/C56H63N/c1-52(2)25-27-54(5,6)50-46(52)15-11-17-48(50)57(49-18-12-16-47-51(49)55(7,8)28-26-53(47,3)4)41-22-19-37(20-23-41)38-21-24-45-43(34-38)42-13-9-10-14-44(42)56(45)39-30-35-29-36(32-39)33-40(56)31-35/h9-24,34-36,39-40H,25-33H2,1-8H3. The molecule has 4 fully saturated rings. The molecule has 0 atom stereocenters. The fourth-order valence-electron chi connectivity index (χ4n) is 14.3.